The van der Waals surface area contributed by atoms with Crippen LogP contribution in [0.15, 0.2) is 53.8 Å². The summed E-state index contributed by atoms with van der Waals surface area (Å²) in [5, 5.41) is 29.5. The Labute approximate surface area is 175 Å². The van der Waals surface area contributed by atoms with Crippen molar-refractivity contribution in [2.24, 2.45) is 5.10 Å². The Morgan fingerprint density at radius 2 is 2.10 bits per heavy atom. The molecule has 1 aromatic heterocycles. The van der Waals surface area contributed by atoms with Crippen LogP contribution in [0.2, 0.25) is 5.02 Å². The van der Waals surface area contributed by atoms with E-state index in [1.807, 2.05) is 12.1 Å². The lowest BCUT2D eigenvalue weighted by atomic mass is 10.1. The minimum Gasteiger partial charge on any atom is -0.502 e. The van der Waals surface area contributed by atoms with E-state index < -0.39 is 22.3 Å². The smallest absolute Gasteiger partial charge is 0.315 e. The lowest BCUT2D eigenvalue weighted by molar-refractivity contribution is -0.385. The van der Waals surface area contributed by atoms with E-state index in [0.29, 0.717) is 11.6 Å². The van der Waals surface area contributed by atoms with E-state index in [1.54, 1.807) is 23.0 Å². The maximum Gasteiger partial charge on any atom is 0.315 e. The van der Waals surface area contributed by atoms with Crippen molar-refractivity contribution in [3.8, 4) is 11.5 Å². The van der Waals surface area contributed by atoms with Crippen LogP contribution < -0.4 is 10.2 Å². The largest absolute Gasteiger partial charge is 0.502 e. The van der Waals surface area contributed by atoms with E-state index in [4.69, 9.17) is 16.3 Å². The van der Waals surface area contributed by atoms with Gasteiger partial charge >= 0.3 is 5.69 Å². The first kappa shape index (κ1) is 20.8. The van der Waals surface area contributed by atoms with Crippen molar-refractivity contribution in [1.29, 1.82) is 0 Å². The summed E-state index contributed by atoms with van der Waals surface area (Å²) in [5.74, 6) is -1.02. The molecule has 0 radical (unpaired) electrons. The summed E-state index contributed by atoms with van der Waals surface area (Å²) < 4.78 is 6.55. The third kappa shape index (κ3) is 4.92. The van der Waals surface area contributed by atoms with Gasteiger partial charge in [-0.2, -0.15) is 10.2 Å². The van der Waals surface area contributed by atoms with E-state index in [9.17, 15) is 20.0 Å². The number of hydrazone groups is 1. The molecule has 0 fully saturated rings. The second-order valence-corrected chi connectivity index (χ2v) is 6.50. The lowest BCUT2D eigenvalue weighted by Gasteiger charge is -2.04. The number of benzene rings is 2. The average molecular weight is 430 g/mol. The molecule has 3 aromatic rings. The van der Waals surface area contributed by atoms with Crippen LogP contribution in [0.3, 0.4) is 0 Å². The predicted molar refractivity (Wildman–Crippen MR) is 109 cm³/mol. The standard InChI is InChI=1S/C19H16ClN5O5/c1-30-15-8-13(18(26)17(9-15)25(28)29)10-21-22-19(27)16-6-7-24(23-16)11-12-2-4-14(20)5-3-12/h2-10,26H,11H2,1H3,(H,22,27)/b21-10+. The summed E-state index contributed by atoms with van der Waals surface area (Å²) in [6.45, 7) is 0.453. The van der Waals surface area contributed by atoms with Crippen LogP contribution in [-0.2, 0) is 6.54 Å². The second kappa shape index (κ2) is 9.05. The Balaban J connectivity index is 1.68. The average Bonchev–Trinajstić information content (AvgIpc) is 3.19. The van der Waals surface area contributed by atoms with Crippen LogP contribution in [0, 0.1) is 10.1 Å². The maximum atomic E-state index is 12.2. The van der Waals surface area contributed by atoms with Gasteiger partial charge in [0, 0.05) is 16.8 Å². The molecule has 0 saturated heterocycles. The fourth-order valence-corrected chi connectivity index (χ4v) is 2.66. The van der Waals surface area contributed by atoms with Crippen LogP contribution in [-0.4, -0.2) is 39.0 Å². The number of phenolic OH excluding ortho intramolecular Hbond substituents is 1. The topological polar surface area (TPSA) is 132 Å². The zero-order chi connectivity index (χ0) is 21.7. The number of hydrogen-bond acceptors (Lipinski definition) is 7. The molecule has 30 heavy (non-hydrogen) atoms. The summed E-state index contributed by atoms with van der Waals surface area (Å²) in [6.07, 6.45) is 2.72. The number of hydrogen-bond donors (Lipinski definition) is 2. The zero-order valence-corrected chi connectivity index (χ0v) is 16.4. The van der Waals surface area contributed by atoms with Gasteiger partial charge in [-0.15, -0.1) is 0 Å². The molecule has 11 heteroatoms. The van der Waals surface area contributed by atoms with Crippen molar-refractivity contribution in [3.05, 3.63) is 80.6 Å². The number of nitrogens with zero attached hydrogens (tertiary/aromatic N) is 4. The molecule has 0 unspecified atom stereocenters. The first-order valence-electron chi connectivity index (χ1n) is 8.54. The highest BCUT2D eigenvalue weighted by Gasteiger charge is 2.19. The molecule has 0 spiro atoms. The molecule has 1 heterocycles. The molecule has 2 aromatic carbocycles. The summed E-state index contributed by atoms with van der Waals surface area (Å²) in [7, 11) is 1.33. The number of ether oxygens (including phenoxy) is 1. The van der Waals surface area contributed by atoms with Crippen molar-refractivity contribution < 1.29 is 19.6 Å². The summed E-state index contributed by atoms with van der Waals surface area (Å²) in [6, 6.07) is 11.2. The van der Waals surface area contributed by atoms with Crippen LogP contribution >= 0.6 is 11.6 Å². The van der Waals surface area contributed by atoms with E-state index >= 15 is 0 Å². The van der Waals surface area contributed by atoms with Crippen molar-refractivity contribution in [2.75, 3.05) is 7.11 Å². The number of carbonyl (C=O) groups excluding carboxylic acids is 1. The van der Waals surface area contributed by atoms with Crippen molar-refractivity contribution >= 4 is 29.4 Å². The Morgan fingerprint density at radius 3 is 2.77 bits per heavy atom. The number of phenols is 1. The van der Waals surface area contributed by atoms with Gasteiger partial charge in [-0.25, -0.2) is 5.43 Å². The molecule has 0 bridgehead atoms. The fraction of sp³-hybridized carbons (Fsp3) is 0.105. The van der Waals surface area contributed by atoms with Crippen molar-refractivity contribution in [2.45, 2.75) is 6.54 Å². The molecular formula is C19H16ClN5O5. The molecule has 2 N–H and O–H groups in total. The molecule has 3 rings (SSSR count). The summed E-state index contributed by atoms with van der Waals surface area (Å²) in [4.78, 5) is 22.5. The Hall–Kier alpha value is -3.92. The SMILES string of the molecule is COc1cc(/C=N/NC(=O)c2ccn(Cc3ccc(Cl)cc3)n2)c(O)c([N+](=O)[O-])c1. The monoisotopic (exact) mass is 429 g/mol. The normalized spacial score (nSPS) is 10.9. The van der Waals surface area contributed by atoms with Gasteiger partial charge in [0.05, 0.1) is 30.9 Å². The van der Waals surface area contributed by atoms with E-state index in [1.165, 1.54) is 19.2 Å². The number of carbonyl (C=O) groups is 1. The van der Waals surface area contributed by atoms with Gasteiger partial charge in [-0.1, -0.05) is 23.7 Å². The number of aromatic nitrogens is 2. The number of aromatic hydroxyl groups is 1. The minimum atomic E-state index is -0.749. The fourth-order valence-electron chi connectivity index (χ4n) is 2.54. The number of amides is 1. The maximum absolute atomic E-state index is 12.2. The lowest BCUT2D eigenvalue weighted by Crippen LogP contribution is -2.18. The molecule has 0 saturated carbocycles. The highest BCUT2D eigenvalue weighted by Crippen LogP contribution is 2.33. The zero-order valence-electron chi connectivity index (χ0n) is 15.7. The van der Waals surface area contributed by atoms with Gasteiger partial charge in [0.15, 0.2) is 5.69 Å². The third-order valence-corrected chi connectivity index (χ3v) is 4.28. The van der Waals surface area contributed by atoms with Crippen LogP contribution in [0.5, 0.6) is 11.5 Å². The van der Waals surface area contributed by atoms with Gasteiger partial charge in [0.25, 0.3) is 5.91 Å². The van der Waals surface area contributed by atoms with Crippen LogP contribution in [0.25, 0.3) is 0 Å². The highest BCUT2D eigenvalue weighted by molar-refractivity contribution is 6.30. The number of nitro benzene ring substituents is 1. The summed E-state index contributed by atoms with van der Waals surface area (Å²) in [5.41, 5.74) is 2.82. The number of nitrogens with one attached hydrogen (secondary N) is 1. The predicted octanol–water partition coefficient (Wildman–Crippen LogP) is 2.97. The molecule has 1 amide bonds. The number of halogens is 1. The quantitative estimate of drug-likeness (QED) is 0.337. The van der Waals surface area contributed by atoms with Gasteiger partial charge in [-0.05, 0) is 29.8 Å². The molecule has 154 valence electrons. The van der Waals surface area contributed by atoms with Crippen LogP contribution in [0.1, 0.15) is 21.6 Å². The van der Waals surface area contributed by atoms with Gasteiger partial charge in [-0.3, -0.25) is 19.6 Å². The Kier molecular flexibility index (Phi) is 6.28. The summed E-state index contributed by atoms with van der Waals surface area (Å²) >= 11 is 5.86. The van der Waals surface area contributed by atoms with Gasteiger partial charge in [0.1, 0.15) is 5.75 Å². The number of nitro groups is 1. The number of methoxy groups -OCH3 is 1. The minimum absolute atomic E-state index is 0.00891. The van der Waals surface area contributed by atoms with Gasteiger partial charge in [0.2, 0.25) is 5.75 Å². The Morgan fingerprint density at radius 1 is 1.37 bits per heavy atom. The molecular weight excluding hydrogens is 414 g/mol. The second-order valence-electron chi connectivity index (χ2n) is 6.07. The highest BCUT2D eigenvalue weighted by atomic mass is 35.5. The molecule has 0 aliphatic carbocycles. The number of rotatable bonds is 7. The van der Waals surface area contributed by atoms with Gasteiger partial charge < -0.3 is 9.84 Å². The Bertz CT molecular complexity index is 1110. The van der Waals surface area contributed by atoms with Crippen molar-refractivity contribution in [3.63, 3.8) is 0 Å². The van der Waals surface area contributed by atoms with E-state index in [-0.39, 0.29) is 17.0 Å². The molecule has 0 aliphatic rings. The van der Waals surface area contributed by atoms with E-state index in [0.717, 1.165) is 17.8 Å². The van der Waals surface area contributed by atoms with E-state index in [2.05, 4.69) is 15.6 Å². The molecule has 0 aliphatic heterocycles. The van der Waals surface area contributed by atoms with Crippen molar-refractivity contribution in [1.82, 2.24) is 15.2 Å². The first-order valence-corrected chi connectivity index (χ1v) is 8.92. The molecule has 0 atom stereocenters. The van der Waals surface area contributed by atoms with Crippen LogP contribution in [0.4, 0.5) is 5.69 Å². The molecule has 10 nitrogen and oxygen atoms in total. The third-order valence-electron chi connectivity index (χ3n) is 4.03. The first-order chi connectivity index (χ1) is 14.4.